The number of rotatable bonds is 4. The van der Waals surface area contributed by atoms with Crippen LogP contribution in [0.15, 0.2) is 30.5 Å². The Morgan fingerprint density at radius 2 is 2.20 bits per heavy atom. The first-order chi connectivity index (χ1) is 9.78. The Labute approximate surface area is 120 Å². The maximum atomic E-state index is 5.89. The van der Waals surface area contributed by atoms with E-state index in [1.165, 1.54) is 16.5 Å². The molecule has 0 bridgehead atoms. The lowest BCUT2D eigenvalue weighted by Gasteiger charge is -2.30. The molecule has 20 heavy (non-hydrogen) atoms. The van der Waals surface area contributed by atoms with E-state index in [-0.39, 0.29) is 6.10 Å². The fraction of sp³-hybridized carbons (Fsp3) is 0.500. The maximum Gasteiger partial charge on any atom is 0.0881 e. The predicted molar refractivity (Wildman–Crippen MR) is 81.9 cm³/mol. The van der Waals surface area contributed by atoms with Crippen molar-refractivity contribution in [2.75, 3.05) is 33.8 Å². The lowest BCUT2D eigenvalue weighted by Crippen LogP contribution is -2.41. The first-order valence-electron chi connectivity index (χ1n) is 7.29. The minimum Gasteiger partial charge on any atom is -0.374 e. The van der Waals surface area contributed by atoms with Gasteiger partial charge in [-0.2, -0.15) is 0 Å². The van der Waals surface area contributed by atoms with Gasteiger partial charge in [0.2, 0.25) is 0 Å². The molecule has 1 aliphatic rings. The van der Waals surface area contributed by atoms with Gasteiger partial charge in [0.1, 0.15) is 0 Å². The van der Waals surface area contributed by atoms with Gasteiger partial charge >= 0.3 is 0 Å². The molecule has 4 nitrogen and oxygen atoms in total. The highest BCUT2D eigenvalue weighted by atomic mass is 16.5. The Bertz CT molecular complexity index is 578. The lowest BCUT2D eigenvalue weighted by molar-refractivity contribution is -0.0269. The second-order valence-electron chi connectivity index (χ2n) is 5.61. The van der Waals surface area contributed by atoms with Crippen LogP contribution in [-0.2, 0) is 17.8 Å². The number of morpholine rings is 1. The molecule has 1 fully saturated rings. The Morgan fingerprint density at radius 3 is 3.00 bits per heavy atom. The van der Waals surface area contributed by atoms with E-state index in [4.69, 9.17) is 4.74 Å². The van der Waals surface area contributed by atoms with Gasteiger partial charge in [-0.1, -0.05) is 18.2 Å². The third kappa shape index (κ3) is 2.73. The smallest absolute Gasteiger partial charge is 0.0881 e. The summed E-state index contributed by atoms with van der Waals surface area (Å²) >= 11 is 0. The van der Waals surface area contributed by atoms with Crippen LogP contribution in [0.5, 0.6) is 0 Å². The van der Waals surface area contributed by atoms with Gasteiger partial charge in [-0.05, 0) is 25.7 Å². The molecular formula is C16H23N3O. The number of hydrogen-bond donors (Lipinski definition) is 1. The van der Waals surface area contributed by atoms with Crippen LogP contribution in [0.25, 0.3) is 10.9 Å². The van der Waals surface area contributed by atoms with Crippen LogP contribution in [0, 0.1) is 0 Å². The molecule has 2 aromatic rings. The summed E-state index contributed by atoms with van der Waals surface area (Å²) in [5.41, 5.74) is 2.65. The minimum atomic E-state index is 0.284. The molecule has 1 aliphatic heterocycles. The largest absolute Gasteiger partial charge is 0.374 e. The summed E-state index contributed by atoms with van der Waals surface area (Å²) in [6, 6.07) is 8.61. The summed E-state index contributed by atoms with van der Waals surface area (Å²) in [6.07, 6.45) is 2.55. The van der Waals surface area contributed by atoms with Gasteiger partial charge in [0.15, 0.2) is 0 Å². The van der Waals surface area contributed by atoms with Crippen LogP contribution in [-0.4, -0.2) is 49.4 Å². The second-order valence-corrected chi connectivity index (χ2v) is 5.61. The van der Waals surface area contributed by atoms with Crippen molar-refractivity contribution in [2.24, 2.45) is 0 Å². The zero-order valence-electron chi connectivity index (χ0n) is 12.3. The molecular weight excluding hydrogens is 250 g/mol. The molecule has 0 spiro atoms. The Balaban J connectivity index is 1.87. The summed E-state index contributed by atoms with van der Waals surface area (Å²) in [7, 11) is 4.15. The van der Waals surface area contributed by atoms with Gasteiger partial charge in [-0.25, -0.2) is 0 Å². The fourth-order valence-electron chi connectivity index (χ4n) is 3.00. The number of nitrogens with zero attached hydrogens (tertiary/aromatic N) is 2. The number of fused-ring (bicyclic) bond motifs is 1. The molecule has 1 aromatic heterocycles. The van der Waals surface area contributed by atoms with Crippen molar-refractivity contribution < 1.29 is 4.74 Å². The van der Waals surface area contributed by atoms with Gasteiger partial charge < -0.3 is 19.5 Å². The number of para-hydroxylation sites is 1. The lowest BCUT2D eigenvalue weighted by atomic mass is 10.2. The highest BCUT2D eigenvalue weighted by molar-refractivity contribution is 5.83. The normalized spacial score (nSPS) is 20.6. The highest BCUT2D eigenvalue weighted by Gasteiger charge is 2.19. The van der Waals surface area contributed by atoms with Crippen molar-refractivity contribution in [3.05, 3.63) is 36.0 Å². The molecule has 1 saturated heterocycles. The molecule has 0 aliphatic carbocycles. The molecule has 108 valence electrons. The molecule has 1 unspecified atom stereocenters. The van der Waals surface area contributed by atoms with Crippen LogP contribution in [0.1, 0.15) is 5.56 Å². The number of likely N-dealkylation sites (N-methyl/N-ethyl adjacent to an activating group) is 1. The average molecular weight is 273 g/mol. The third-order valence-corrected chi connectivity index (χ3v) is 3.98. The van der Waals surface area contributed by atoms with Crippen LogP contribution in [0.4, 0.5) is 0 Å². The number of aromatic nitrogens is 1. The van der Waals surface area contributed by atoms with E-state index in [0.29, 0.717) is 0 Å². The molecule has 0 saturated carbocycles. The zero-order valence-corrected chi connectivity index (χ0v) is 12.3. The van der Waals surface area contributed by atoms with Crippen LogP contribution >= 0.6 is 0 Å². The SMILES string of the molecule is CNCc1cn(CC2CN(C)CCO2)c2ccccc12. The monoisotopic (exact) mass is 273 g/mol. The number of nitrogens with one attached hydrogen (secondary N) is 1. The maximum absolute atomic E-state index is 5.89. The van der Waals surface area contributed by atoms with E-state index in [1.807, 2.05) is 7.05 Å². The quantitative estimate of drug-likeness (QED) is 0.919. The van der Waals surface area contributed by atoms with E-state index < -0.39 is 0 Å². The summed E-state index contributed by atoms with van der Waals surface area (Å²) in [6.45, 7) is 4.71. The van der Waals surface area contributed by atoms with Crippen molar-refractivity contribution in [3.63, 3.8) is 0 Å². The van der Waals surface area contributed by atoms with Crippen LogP contribution in [0.3, 0.4) is 0 Å². The topological polar surface area (TPSA) is 29.4 Å². The first kappa shape index (κ1) is 13.6. The minimum absolute atomic E-state index is 0.284. The molecule has 3 rings (SSSR count). The van der Waals surface area contributed by atoms with Crippen molar-refractivity contribution in [2.45, 2.75) is 19.2 Å². The number of benzene rings is 1. The van der Waals surface area contributed by atoms with Gasteiger partial charge in [0.05, 0.1) is 19.3 Å². The Hall–Kier alpha value is -1.36. The van der Waals surface area contributed by atoms with Gasteiger partial charge in [-0.15, -0.1) is 0 Å². The molecule has 1 aromatic carbocycles. The van der Waals surface area contributed by atoms with E-state index >= 15 is 0 Å². The first-order valence-corrected chi connectivity index (χ1v) is 7.29. The van der Waals surface area contributed by atoms with Crippen molar-refractivity contribution >= 4 is 10.9 Å². The Kier molecular flexibility index (Phi) is 4.05. The standard InChI is InChI=1S/C16H23N3O/c1-17-9-13-10-19(16-6-4-3-5-15(13)16)12-14-11-18(2)7-8-20-14/h3-6,10,14,17H,7-9,11-12H2,1-2H3. The van der Waals surface area contributed by atoms with Gasteiger partial charge in [-0.3, -0.25) is 0 Å². The van der Waals surface area contributed by atoms with Crippen molar-refractivity contribution in [1.82, 2.24) is 14.8 Å². The van der Waals surface area contributed by atoms with E-state index in [2.05, 4.69) is 52.3 Å². The van der Waals surface area contributed by atoms with Crippen LogP contribution < -0.4 is 5.32 Å². The number of hydrogen-bond acceptors (Lipinski definition) is 3. The third-order valence-electron chi connectivity index (χ3n) is 3.98. The van der Waals surface area contributed by atoms with E-state index in [0.717, 1.165) is 32.8 Å². The summed E-state index contributed by atoms with van der Waals surface area (Å²) in [4.78, 5) is 2.34. The average Bonchev–Trinajstić information content (AvgIpc) is 2.78. The molecule has 0 amide bonds. The molecule has 1 N–H and O–H groups in total. The molecule has 0 radical (unpaired) electrons. The second kappa shape index (κ2) is 5.95. The predicted octanol–water partition coefficient (Wildman–Crippen LogP) is 1.69. The van der Waals surface area contributed by atoms with Gasteiger partial charge in [0, 0.05) is 36.7 Å². The zero-order chi connectivity index (χ0) is 13.9. The molecule has 1 atom stereocenters. The Morgan fingerprint density at radius 1 is 1.35 bits per heavy atom. The highest BCUT2D eigenvalue weighted by Crippen LogP contribution is 2.22. The molecule has 4 heteroatoms. The van der Waals surface area contributed by atoms with E-state index in [9.17, 15) is 0 Å². The summed E-state index contributed by atoms with van der Waals surface area (Å²) < 4.78 is 8.23. The van der Waals surface area contributed by atoms with Gasteiger partial charge in [0.25, 0.3) is 0 Å². The molecule has 2 heterocycles. The van der Waals surface area contributed by atoms with Crippen molar-refractivity contribution in [1.29, 1.82) is 0 Å². The van der Waals surface area contributed by atoms with E-state index in [1.54, 1.807) is 0 Å². The number of ether oxygens (including phenoxy) is 1. The summed E-state index contributed by atoms with van der Waals surface area (Å²) in [5, 5.41) is 4.59. The van der Waals surface area contributed by atoms with Crippen LogP contribution in [0.2, 0.25) is 0 Å². The van der Waals surface area contributed by atoms with Crippen molar-refractivity contribution in [3.8, 4) is 0 Å². The fourth-order valence-corrected chi connectivity index (χ4v) is 3.00. The summed E-state index contributed by atoms with van der Waals surface area (Å²) in [5.74, 6) is 0.